The number of alkyl halides is 3. The average Bonchev–Trinajstić information content (AvgIpc) is 3.10. The topological polar surface area (TPSA) is 53.6 Å². The molecule has 8 heteroatoms. The number of fused-ring (bicyclic) bond motifs is 1. The molecule has 3 aromatic heterocycles. The molecule has 0 saturated carbocycles. The molecule has 148 valence electrons. The fraction of sp³-hybridized carbons (Fsp3) is 0.143. The maximum absolute atomic E-state index is 13.9. The van der Waals surface area contributed by atoms with Crippen LogP contribution in [0.4, 0.5) is 23.4 Å². The molecule has 2 N–H and O–H groups in total. The summed E-state index contributed by atoms with van der Waals surface area (Å²) in [7, 11) is 0. The maximum atomic E-state index is 13.9. The Hall–Kier alpha value is -3.42. The van der Waals surface area contributed by atoms with Gasteiger partial charge in [-0.05, 0) is 41.5 Å². The van der Waals surface area contributed by atoms with Crippen molar-refractivity contribution in [3.05, 3.63) is 89.1 Å². The van der Waals surface area contributed by atoms with Gasteiger partial charge in [0.25, 0.3) is 0 Å². The summed E-state index contributed by atoms with van der Waals surface area (Å²) in [5, 5.41) is 3.98. The van der Waals surface area contributed by atoms with Crippen LogP contribution in [-0.4, -0.2) is 15.0 Å². The summed E-state index contributed by atoms with van der Waals surface area (Å²) < 4.78 is 51.8. The fourth-order valence-electron chi connectivity index (χ4n) is 3.07. The molecule has 0 fully saturated rings. The number of benzene rings is 1. The number of halogens is 4. The van der Waals surface area contributed by atoms with Crippen molar-refractivity contribution in [3.63, 3.8) is 0 Å². The van der Waals surface area contributed by atoms with Crippen LogP contribution in [0.25, 0.3) is 11.0 Å². The van der Waals surface area contributed by atoms with E-state index >= 15 is 0 Å². The van der Waals surface area contributed by atoms with Gasteiger partial charge in [-0.1, -0.05) is 12.1 Å². The SMILES string of the molecule is Fc1cc(C(F)(F)F)ccc1CNc1ccc(Cc2c[nH]c3ncccc23)cn1. The summed E-state index contributed by atoms with van der Waals surface area (Å²) in [5.41, 5.74) is 2.04. The van der Waals surface area contributed by atoms with Crippen LogP contribution in [-0.2, 0) is 19.1 Å². The van der Waals surface area contributed by atoms with Crippen molar-refractivity contribution in [2.75, 3.05) is 5.32 Å². The van der Waals surface area contributed by atoms with Crippen LogP contribution in [0.15, 0.2) is 61.1 Å². The van der Waals surface area contributed by atoms with Gasteiger partial charge in [-0.2, -0.15) is 13.2 Å². The summed E-state index contributed by atoms with van der Waals surface area (Å²) in [4.78, 5) is 11.7. The van der Waals surface area contributed by atoms with Gasteiger partial charge in [0.05, 0.1) is 5.56 Å². The van der Waals surface area contributed by atoms with E-state index in [1.54, 1.807) is 18.5 Å². The van der Waals surface area contributed by atoms with Crippen LogP contribution >= 0.6 is 0 Å². The fourth-order valence-corrected chi connectivity index (χ4v) is 3.07. The Labute approximate surface area is 163 Å². The minimum Gasteiger partial charge on any atom is -0.366 e. The minimum atomic E-state index is -4.56. The molecule has 0 bridgehead atoms. The third-order valence-corrected chi connectivity index (χ3v) is 4.60. The number of hydrogen-bond acceptors (Lipinski definition) is 3. The van der Waals surface area contributed by atoms with E-state index in [4.69, 9.17) is 0 Å². The highest BCUT2D eigenvalue weighted by Crippen LogP contribution is 2.30. The Bertz CT molecular complexity index is 1130. The first-order valence-corrected chi connectivity index (χ1v) is 8.85. The van der Waals surface area contributed by atoms with Crippen LogP contribution in [0.1, 0.15) is 22.3 Å². The predicted molar refractivity (Wildman–Crippen MR) is 102 cm³/mol. The van der Waals surface area contributed by atoms with Crippen molar-refractivity contribution in [3.8, 4) is 0 Å². The van der Waals surface area contributed by atoms with E-state index in [0.29, 0.717) is 18.3 Å². The summed E-state index contributed by atoms with van der Waals surface area (Å²) in [6, 6.07) is 10.0. The summed E-state index contributed by atoms with van der Waals surface area (Å²) >= 11 is 0. The molecule has 0 aliphatic rings. The zero-order valence-electron chi connectivity index (χ0n) is 15.1. The third kappa shape index (κ3) is 4.21. The Morgan fingerprint density at radius 2 is 1.86 bits per heavy atom. The molecule has 0 atom stereocenters. The molecule has 0 aliphatic heterocycles. The molecule has 0 radical (unpaired) electrons. The molecule has 4 nitrogen and oxygen atoms in total. The molecule has 1 aromatic carbocycles. The molecular weight excluding hydrogens is 384 g/mol. The molecule has 0 unspecified atom stereocenters. The van der Waals surface area contributed by atoms with Crippen molar-refractivity contribution in [1.29, 1.82) is 0 Å². The van der Waals surface area contributed by atoms with Gasteiger partial charge < -0.3 is 10.3 Å². The smallest absolute Gasteiger partial charge is 0.366 e. The number of nitrogens with zero attached hydrogens (tertiary/aromatic N) is 2. The van der Waals surface area contributed by atoms with Crippen LogP contribution in [0, 0.1) is 5.82 Å². The van der Waals surface area contributed by atoms with Gasteiger partial charge in [0.1, 0.15) is 17.3 Å². The van der Waals surface area contributed by atoms with Gasteiger partial charge >= 0.3 is 6.18 Å². The molecule has 0 spiro atoms. The van der Waals surface area contributed by atoms with E-state index in [1.165, 1.54) is 0 Å². The van der Waals surface area contributed by atoms with Crippen LogP contribution in [0.2, 0.25) is 0 Å². The Balaban J connectivity index is 1.41. The van der Waals surface area contributed by atoms with Crippen molar-refractivity contribution in [1.82, 2.24) is 15.0 Å². The number of aromatic amines is 1. The molecule has 0 amide bonds. The highest BCUT2D eigenvalue weighted by Gasteiger charge is 2.31. The molecule has 0 saturated heterocycles. The van der Waals surface area contributed by atoms with Crippen molar-refractivity contribution >= 4 is 16.9 Å². The standard InChI is InChI=1S/C21H16F4N4/c22-18-9-16(21(23,24)25)5-4-14(18)11-28-19-6-3-13(10-27-19)8-15-12-29-20-17(15)2-1-7-26-20/h1-7,9-10,12H,8,11H2,(H,26,29)(H,27,28). The van der Waals surface area contributed by atoms with E-state index < -0.39 is 17.6 Å². The quantitative estimate of drug-likeness (QED) is 0.446. The first kappa shape index (κ1) is 18.9. The first-order valence-electron chi connectivity index (χ1n) is 8.85. The van der Waals surface area contributed by atoms with Gasteiger partial charge in [-0.15, -0.1) is 0 Å². The number of hydrogen-bond donors (Lipinski definition) is 2. The molecular formula is C21H16F4N4. The van der Waals surface area contributed by atoms with Crippen molar-refractivity contribution < 1.29 is 17.6 Å². The lowest BCUT2D eigenvalue weighted by molar-refractivity contribution is -0.137. The van der Waals surface area contributed by atoms with Crippen LogP contribution < -0.4 is 5.32 Å². The third-order valence-electron chi connectivity index (χ3n) is 4.60. The predicted octanol–water partition coefficient (Wildman–Crippen LogP) is 5.32. The summed E-state index contributed by atoms with van der Waals surface area (Å²) in [5.74, 6) is -0.398. The van der Waals surface area contributed by atoms with E-state index in [2.05, 4.69) is 20.3 Å². The normalized spacial score (nSPS) is 11.7. The molecule has 0 aliphatic carbocycles. The zero-order chi connectivity index (χ0) is 20.4. The Kier molecular flexibility index (Phi) is 4.92. The van der Waals surface area contributed by atoms with Gasteiger partial charge in [0.2, 0.25) is 0 Å². The largest absolute Gasteiger partial charge is 0.416 e. The number of anilines is 1. The van der Waals surface area contributed by atoms with Crippen LogP contribution in [0.5, 0.6) is 0 Å². The van der Waals surface area contributed by atoms with E-state index in [1.807, 2.05) is 24.4 Å². The average molecular weight is 400 g/mol. The van der Waals surface area contributed by atoms with E-state index in [9.17, 15) is 17.6 Å². The Morgan fingerprint density at radius 3 is 2.59 bits per heavy atom. The first-order chi connectivity index (χ1) is 13.9. The molecule has 4 aromatic rings. The number of H-pyrrole nitrogens is 1. The molecule has 4 rings (SSSR count). The lowest BCUT2D eigenvalue weighted by Gasteiger charge is -2.10. The zero-order valence-corrected chi connectivity index (χ0v) is 15.1. The lowest BCUT2D eigenvalue weighted by Crippen LogP contribution is -2.08. The minimum absolute atomic E-state index is 0.0322. The second-order valence-electron chi connectivity index (χ2n) is 6.60. The van der Waals surface area contributed by atoms with Gasteiger partial charge in [0, 0.05) is 42.5 Å². The second-order valence-corrected chi connectivity index (χ2v) is 6.60. The monoisotopic (exact) mass is 400 g/mol. The second kappa shape index (κ2) is 7.54. The van der Waals surface area contributed by atoms with Gasteiger partial charge in [-0.25, -0.2) is 14.4 Å². The highest BCUT2D eigenvalue weighted by atomic mass is 19.4. The van der Waals surface area contributed by atoms with Gasteiger partial charge in [0.15, 0.2) is 0 Å². The van der Waals surface area contributed by atoms with E-state index in [-0.39, 0.29) is 12.1 Å². The number of rotatable bonds is 5. The summed E-state index contributed by atoms with van der Waals surface area (Å²) in [6.07, 6.45) is 1.46. The highest BCUT2D eigenvalue weighted by molar-refractivity contribution is 5.79. The molecule has 3 heterocycles. The number of nitrogens with one attached hydrogen (secondary N) is 2. The lowest BCUT2D eigenvalue weighted by atomic mass is 10.1. The van der Waals surface area contributed by atoms with E-state index in [0.717, 1.165) is 34.3 Å². The van der Waals surface area contributed by atoms with Crippen molar-refractivity contribution in [2.24, 2.45) is 0 Å². The number of pyridine rings is 2. The number of aromatic nitrogens is 3. The Morgan fingerprint density at radius 1 is 1.00 bits per heavy atom. The summed E-state index contributed by atoms with van der Waals surface area (Å²) in [6.45, 7) is 0.0322. The van der Waals surface area contributed by atoms with Crippen LogP contribution in [0.3, 0.4) is 0 Å². The van der Waals surface area contributed by atoms with Gasteiger partial charge in [-0.3, -0.25) is 0 Å². The maximum Gasteiger partial charge on any atom is 0.416 e. The van der Waals surface area contributed by atoms with Crippen molar-refractivity contribution in [2.45, 2.75) is 19.1 Å². The molecule has 29 heavy (non-hydrogen) atoms.